The van der Waals surface area contributed by atoms with Crippen molar-refractivity contribution in [2.45, 2.75) is 19.4 Å². The minimum Gasteiger partial charge on any atom is -0.493 e. The molecule has 0 spiro atoms. The van der Waals surface area contributed by atoms with Gasteiger partial charge in [-0.2, -0.15) is 0 Å². The van der Waals surface area contributed by atoms with Gasteiger partial charge in [-0.15, -0.1) is 11.3 Å². The fraction of sp³-hybridized carbons (Fsp3) is 0.227. The van der Waals surface area contributed by atoms with Crippen molar-refractivity contribution >= 4 is 23.2 Å². The lowest BCUT2D eigenvalue weighted by atomic mass is 10.1. The Bertz CT molecular complexity index is 1050. The largest absolute Gasteiger partial charge is 0.493 e. The highest BCUT2D eigenvalue weighted by molar-refractivity contribution is 7.17. The molecule has 8 heteroatoms. The number of carboxylic acids is 1. The second-order valence-corrected chi connectivity index (χ2v) is 7.56. The number of carboxylic acid groups (broad SMARTS) is 1. The number of benzene rings is 2. The number of hydrogen-bond acceptors (Lipinski definition) is 6. The van der Waals surface area contributed by atoms with Crippen LogP contribution < -0.4 is 14.8 Å². The normalized spacial score (nSPS) is 11.6. The fourth-order valence-electron chi connectivity index (χ4n) is 2.97. The third kappa shape index (κ3) is 4.77. The second-order valence-electron chi connectivity index (χ2n) is 6.56. The Morgan fingerprint density at radius 2 is 1.80 bits per heavy atom. The smallest absolute Gasteiger partial charge is 0.326 e. The van der Waals surface area contributed by atoms with E-state index in [1.165, 1.54) is 11.3 Å². The average molecular weight is 426 g/mol. The molecule has 156 valence electrons. The van der Waals surface area contributed by atoms with Crippen LogP contribution in [0.3, 0.4) is 0 Å². The first-order valence-electron chi connectivity index (χ1n) is 9.20. The van der Waals surface area contributed by atoms with Gasteiger partial charge in [-0.1, -0.05) is 30.3 Å². The van der Waals surface area contributed by atoms with Gasteiger partial charge in [0.1, 0.15) is 15.9 Å². The molecule has 30 heavy (non-hydrogen) atoms. The first-order valence-corrected chi connectivity index (χ1v) is 10.0. The molecule has 3 aromatic rings. The zero-order valence-electron chi connectivity index (χ0n) is 16.8. The third-order valence-corrected chi connectivity index (χ3v) is 5.72. The summed E-state index contributed by atoms with van der Waals surface area (Å²) in [6.07, 6.45) is 0.197. The lowest BCUT2D eigenvalue weighted by molar-refractivity contribution is -0.139. The summed E-state index contributed by atoms with van der Waals surface area (Å²) in [5, 5.41) is 12.8. The minimum atomic E-state index is -1.09. The van der Waals surface area contributed by atoms with Crippen LogP contribution in [0.1, 0.15) is 20.9 Å². The van der Waals surface area contributed by atoms with Gasteiger partial charge in [0, 0.05) is 12.0 Å². The van der Waals surface area contributed by atoms with E-state index in [9.17, 15) is 14.7 Å². The summed E-state index contributed by atoms with van der Waals surface area (Å²) in [5.41, 5.74) is 2.14. The number of rotatable bonds is 8. The van der Waals surface area contributed by atoms with E-state index in [-0.39, 0.29) is 6.42 Å². The minimum absolute atomic E-state index is 0.197. The highest BCUT2D eigenvalue weighted by Gasteiger charge is 2.24. The quantitative estimate of drug-likeness (QED) is 0.572. The molecule has 1 heterocycles. The van der Waals surface area contributed by atoms with Crippen LogP contribution in [-0.2, 0) is 11.2 Å². The van der Waals surface area contributed by atoms with Crippen molar-refractivity contribution in [1.82, 2.24) is 10.3 Å². The van der Waals surface area contributed by atoms with Crippen LogP contribution in [-0.4, -0.2) is 42.2 Å². The van der Waals surface area contributed by atoms with E-state index in [1.807, 2.05) is 36.4 Å². The maximum Gasteiger partial charge on any atom is 0.326 e. The lowest BCUT2D eigenvalue weighted by Crippen LogP contribution is -2.42. The van der Waals surface area contributed by atoms with Crippen LogP contribution in [0, 0.1) is 6.92 Å². The van der Waals surface area contributed by atoms with Crippen molar-refractivity contribution in [1.29, 1.82) is 0 Å². The molecule has 0 saturated heterocycles. The number of amides is 1. The maximum absolute atomic E-state index is 12.8. The van der Waals surface area contributed by atoms with Crippen LogP contribution in [0.25, 0.3) is 10.6 Å². The SMILES string of the molecule is COc1ccc(-c2nc(C)c(C(=O)N[C@@H](Cc3ccccc3)C(=O)O)s2)cc1OC. The van der Waals surface area contributed by atoms with Crippen LogP contribution in [0.5, 0.6) is 11.5 Å². The van der Waals surface area contributed by atoms with E-state index in [0.29, 0.717) is 27.1 Å². The van der Waals surface area contributed by atoms with Crippen LogP contribution >= 0.6 is 11.3 Å². The molecule has 0 bridgehead atoms. The summed E-state index contributed by atoms with van der Waals surface area (Å²) in [7, 11) is 3.11. The van der Waals surface area contributed by atoms with Crippen LogP contribution in [0.15, 0.2) is 48.5 Å². The zero-order chi connectivity index (χ0) is 21.7. The molecule has 0 fully saturated rings. The average Bonchev–Trinajstić information content (AvgIpc) is 3.15. The summed E-state index contributed by atoms with van der Waals surface area (Å²) in [4.78, 5) is 29.3. The number of aliphatic carboxylic acids is 1. The number of carbonyl (C=O) groups excluding carboxylic acids is 1. The summed E-state index contributed by atoms with van der Waals surface area (Å²) in [6, 6.07) is 13.5. The highest BCUT2D eigenvalue weighted by atomic mass is 32.1. The van der Waals surface area contributed by atoms with Crippen molar-refractivity contribution in [3.05, 3.63) is 64.7 Å². The Kier molecular flexibility index (Phi) is 6.68. The van der Waals surface area contributed by atoms with Gasteiger partial charge in [0.25, 0.3) is 5.91 Å². The molecule has 0 saturated carbocycles. The number of nitrogens with zero attached hydrogens (tertiary/aromatic N) is 1. The number of thiazole rings is 1. The molecule has 2 N–H and O–H groups in total. The van der Waals surface area contributed by atoms with Gasteiger partial charge in [0.05, 0.1) is 19.9 Å². The Morgan fingerprint density at radius 1 is 1.10 bits per heavy atom. The Balaban J connectivity index is 1.81. The molecule has 0 radical (unpaired) electrons. The van der Waals surface area contributed by atoms with Gasteiger partial charge >= 0.3 is 5.97 Å². The molecule has 3 rings (SSSR count). The van der Waals surface area contributed by atoms with Gasteiger partial charge in [-0.05, 0) is 30.7 Å². The van der Waals surface area contributed by atoms with Gasteiger partial charge in [-0.3, -0.25) is 4.79 Å². The van der Waals surface area contributed by atoms with Gasteiger partial charge < -0.3 is 19.9 Å². The van der Waals surface area contributed by atoms with E-state index < -0.39 is 17.9 Å². The highest BCUT2D eigenvalue weighted by Crippen LogP contribution is 2.35. The van der Waals surface area contributed by atoms with Gasteiger partial charge in [0.2, 0.25) is 0 Å². The number of aryl methyl sites for hydroxylation is 1. The van der Waals surface area contributed by atoms with E-state index in [1.54, 1.807) is 33.3 Å². The summed E-state index contributed by atoms with van der Waals surface area (Å²) in [5.74, 6) is -0.394. The molecule has 1 amide bonds. The Hall–Kier alpha value is -3.39. The molecular weight excluding hydrogens is 404 g/mol. The third-order valence-electron chi connectivity index (χ3n) is 4.52. The number of carbonyl (C=O) groups is 2. The first-order chi connectivity index (χ1) is 14.4. The Morgan fingerprint density at radius 3 is 2.43 bits per heavy atom. The lowest BCUT2D eigenvalue weighted by Gasteiger charge is -2.14. The van der Waals surface area contributed by atoms with Crippen LogP contribution in [0.4, 0.5) is 0 Å². The first kappa shape index (κ1) is 21.3. The van der Waals surface area contributed by atoms with Crippen molar-refractivity contribution in [3.8, 4) is 22.1 Å². The van der Waals surface area contributed by atoms with E-state index in [0.717, 1.165) is 11.1 Å². The fourth-order valence-corrected chi connectivity index (χ4v) is 3.94. The molecule has 0 aliphatic rings. The van der Waals surface area contributed by atoms with Crippen molar-refractivity contribution in [3.63, 3.8) is 0 Å². The predicted octanol–water partition coefficient (Wildman–Crippen LogP) is 3.56. The number of hydrogen-bond donors (Lipinski definition) is 2. The predicted molar refractivity (Wildman–Crippen MR) is 114 cm³/mol. The molecular formula is C22H22N2O5S. The van der Waals surface area contributed by atoms with E-state index >= 15 is 0 Å². The van der Waals surface area contributed by atoms with Crippen molar-refractivity contribution in [2.24, 2.45) is 0 Å². The zero-order valence-corrected chi connectivity index (χ0v) is 17.7. The summed E-state index contributed by atoms with van der Waals surface area (Å²) in [6.45, 7) is 1.72. The number of methoxy groups -OCH3 is 2. The Labute approximate surface area is 178 Å². The topological polar surface area (TPSA) is 97.8 Å². The van der Waals surface area contributed by atoms with Gasteiger partial charge in [-0.25, -0.2) is 9.78 Å². The van der Waals surface area contributed by atoms with Gasteiger partial charge in [0.15, 0.2) is 11.5 Å². The monoisotopic (exact) mass is 426 g/mol. The summed E-state index contributed by atoms with van der Waals surface area (Å²) < 4.78 is 10.6. The van der Waals surface area contributed by atoms with Crippen molar-refractivity contribution in [2.75, 3.05) is 14.2 Å². The molecule has 2 aromatic carbocycles. The molecule has 0 aliphatic heterocycles. The molecule has 0 aliphatic carbocycles. The number of ether oxygens (including phenoxy) is 2. The van der Waals surface area contributed by atoms with E-state index in [4.69, 9.17) is 9.47 Å². The van der Waals surface area contributed by atoms with Crippen molar-refractivity contribution < 1.29 is 24.2 Å². The molecule has 1 aromatic heterocycles. The molecule has 0 unspecified atom stereocenters. The molecule has 1 atom stereocenters. The van der Waals surface area contributed by atoms with Crippen LogP contribution in [0.2, 0.25) is 0 Å². The number of nitrogens with one attached hydrogen (secondary N) is 1. The summed E-state index contributed by atoms with van der Waals surface area (Å²) >= 11 is 1.20. The number of aromatic nitrogens is 1. The van der Waals surface area contributed by atoms with E-state index in [2.05, 4.69) is 10.3 Å². The standard InChI is InChI=1S/C22H22N2O5S/c1-13-19(20(25)24-16(22(26)27)11-14-7-5-4-6-8-14)30-21(23-13)15-9-10-17(28-2)18(12-15)29-3/h4-10,12,16H,11H2,1-3H3,(H,24,25)(H,26,27)/t16-/m0/s1. The molecule has 7 nitrogen and oxygen atoms in total. The second kappa shape index (κ2) is 9.41. The maximum atomic E-state index is 12.8.